The van der Waals surface area contributed by atoms with Gasteiger partial charge in [-0.15, -0.1) is 11.3 Å². The largest absolute Gasteiger partial charge is 0.359 e. The summed E-state index contributed by atoms with van der Waals surface area (Å²) in [7, 11) is -2.49. The van der Waals surface area contributed by atoms with Crippen LogP contribution in [0.15, 0.2) is 66.4 Å². The smallest absolute Gasteiger partial charge is 0.250 e. The quantitative estimate of drug-likeness (QED) is 0.214. The van der Waals surface area contributed by atoms with Gasteiger partial charge in [-0.05, 0) is 56.0 Å². The van der Waals surface area contributed by atoms with Crippen LogP contribution >= 0.6 is 22.9 Å². The van der Waals surface area contributed by atoms with Crippen molar-refractivity contribution in [2.45, 2.75) is 55.3 Å². The van der Waals surface area contributed by atoms with Crippen molar-refractivity contribution in [1.29, 1.82) is 0 Å². The molecule has 0 amide bonds. The van der Waals surface area contributed by atoms with Crippen LogP contribution in [0.4, 0.5) is 0 Å². The first kappa shape index (κ1) is 29.8. The van der Waals surface area contributed by atoms with E-state index in [-0.39, 0.29) is 13.1 Å². The molecular formula is C30H32ClN5O6S2. The Hall–Kier alpha value is -2.91. The Kier molecular flexibility index (Phi) is 7.76. The molecular weight excluding hydrogens is 626 g/mol. The van der Waals surface area contributed by atoms with Gasteiger partial charge < -0.3 is 18.9 Å². The highest BCUT2D eigenvalue weighted by molar-refractivity contribution is 7.91. The fourth-order valence-corrected chi connectivity index (χ4v) is 9.46. The number of thiazole rings is 1. The van der Waals surface area contributed by atoms with Crippen molar-refractivity contribution in [2.75, 3.05) is 27.1 Å². The van der Waals surface area contributed by atoms with Gasteiger partial charge in [0, 0.05) is 53.8 Å². The number of nitrogens with zero attached hydrogens (tertiary/aromatic N) is 5. The number of rotatable bonds is 10. The SMILES string of the molecule is COCOC1(c2ncc(-c3ccnc4c3ccn4S(=O)(=O)C3(C)C=C(Cl)C=CC3c3cnn(CC4OCCO4)c3)s2)CCC1. The number of hydrogen-bond acceptors (Lipinski definition) is 10. The number of methoxy groups -OCH3 is 1. The third-order valence-electron chi connectivity index (χ3n) is 8.67. The standard InChI is InChI=1S/C30H32ClN5O6S2/c1-29(14-21(31)4-5-24(29)20-15-34-35(17-20)18-26-40-12-13-41-26)44(37,38)36-11-7-23-22(6-10-32-27(23)36)25-16-33-28(43-25)30(8-3-9-30)42-19-39-2/h4-7,10-11,14-17,24,26H,3,8-9,12-13,18-19H2,1-2H3. The number of ether oxygens (including phenoxy) is 4. The summed E-state index contributed by atoms with van der Waals surface area (Å²) in [4.78, 5) is 10.2. The van der Waals surface area contributed by atoms with Crippen molar-refractivity contribution in [1.82, 2.24) is 23.7 Å². The summed E-state index contributed by atoms with van der Waals surface area (Å²) >= 11 is 8.01. The zero-order valence-electron chi connectivity index (χ0n) is 24.3. The average molecular weight is 658 g/mol. The summed E-state index contributed by atoms with van der Waals surface area (Å²) in [6.07, 6.45) is 16.1. The molecule has 0 spiro atoms. The molecule has 2 atom stereocenters. The number of hydrogen-bond donors (Lipinski definition) is 0. The Morgan fingerprint density at radius 1 is 1.18 bits per heavy atom. The molecule has 2 aliphatic carbocycles. The number of pyridine rings is 1. The Morgan fingerprint density at radius 3 is 2.75 bits per heavy atom. The lowest BCUT2D eigenvalue weighted by Gasteiger charge is -2.39. The maximum absolute atomic E-state index is 14.6. The van der Waals surface area contributed by atoms with Crippen LogP contribution in [0.1, 0.15) is 42.7 Å². The third-order valence-corrected chi connectivity index (χ3v) is 12.4. The molecule has 44 heavy (non-hydrogen) atoms. The topological polar surface area (TPSA) is 120 Å². The Balaban J connectivity index is 1.23. The average Bonchev–Trinajstić information content (AvgIpc) is 3.80. The van der Waals surface area contributed by atoms with Crippen LogP contribution in [0.5, 0.6) is 0 Å². The second-order valence-corrected chi connectivity index (χ2v) is 15.0. The first-order valence-corrected chi connectivity index (χ1v) is 17.0. The summed E-state index contributed by atoms with van der Waals surface area (Å²) in [5.74, 6) is -0.565. The van der Waals surface area contributed by atoms with E-state index in [0.717, 1.165) is 40.3 Å². The van der Waals surface area contributed by atoms with E-state index in [4.69, 9.17) is 35.5 Å². The van der Waals surface area contributed by atoms with Gasteiger partial charge in [-0.1, -0.05) is 17.7 Å². The van der Waals surface area contributed by atoms with Crippen LogP contribution < -0.4 is 0 Å². The predicted octanol–water partition coefficient (Wildman–Crippen LogP) is 5.14. The molecule has 4 aromatic heterocycles. The lowest BCUT2D eigenvalue weighted by molar-refractivity contribution is -0.171. The molecule has 4 aromatic rings. The second kappa shape index (κ2) is 11.5. The van der Waals surface area contributed by atoms with E-state index in [1.165, 1.54) is 3.97 Å². The molecule has 0 radical (unpaired) electrons. The number of aromatic nitrogens is 5. The van der Waals surface area contributed by atoms with Crippen LogP contribution in [0, 0.1) is 0 Å². The molecule has 7 rings (SSSR count). The minimum Gasteiger partial charge on any atom is -0.359 e. The molecule has 2 unspecified atom stereocenters. The van der Waals surface area contributed by atoms with Gasteiger partial charge in [0.05, 0.1) is 30.8 Å². The number of fused-ring (bicyclic) bond motifs is 1. The molecule has 0 bridgehead atoms. The van der Waals surface area contributed by atoms with E-state index in [1.54, 1.807) is 66.9 Å². The maximum atomic E-state index is 14.6. The van der Waals surface area contributed by atoms with Gasteiger partial charge in [0.2, 0.25) is 10.0 Å². The third kappa shape index (κ3) is 4.95. The van der Waals surface area contributed by atoms with Gasteiger partial charge in [0.25, 0.3) is 0 Å². The van der Waals surface area contributed by atoms with E-state index < -0.39 is 26.3 Å². The highest BCUT2D eigenvalue weighted by Gasteiger charge is 2.48. The maximum Gasteiger partial charge on any atom is 0.250 e. The summed E-state index contributed by atoms with van der Waals surface area (Å²) in [6.45, 7) is 3.37. The van der Waals surface area contributed by atoms with Crippen molar-refractivity contribution in [3.63, 3.8) is 0 Å². The van der Waals surface area contributed by atoms with E-state index in [2.05, 4.69) is 10.1 Å². The molecule has 11 nitrogen and oxygen atoms in total. The zero-order chi connectivity index (χ0) is 30.5. The number of allylic oxidation sites excluding steroid dienone is 3. The Morgan fingerprint density at radius 2 is 2.00 bits per heavy atom. The lowest BCUT2D eigenvalue weighted by Crippen LogP contribution is -2.43. The molecule has 1 saturated heterocycles. The highest BCUT2D eigenvalue weighted by Crippen LogP contribution is 2.48. The molecule has 5 heterocycles. The summed E-state index contributed by atoms with van der Waals surface area (Å²) < 4.78 is 53.1. The molecule has 14 heteroatoms. The van der Waals surface area contributed by atoms with Crippen molar-refractivity contribution in [3.05, 3.63) is 76.9 Å². The van der Waals surface area contributed by atoms with Crippen LogP contribution in [0.2, 0.25) is 0 Å². The van der Waals surface area contributed by atoms with Gasteiger partial charge in [0.15, 0.2) is 11.9 Å². The van der Waals surface area contributed by atoms with Crippen molar-refractivity contribution >= 4 is 44.0 Å². The zero-order valence-corrected chi connectivity index (χ0v) is 26.6. The van der Waals surface area contributed by atoms with Crippen molar-refractivity contribution in [3.8, 4) is 10.4 Å². The first-order valence-electron chi connectivity index (χ1n) is 14.4. The monoisotopic (exact) mass is 657 g/mol. The predicted molar refractivity (Wildman–Crippen MR) is 166 cm³/mol. The summed E-state index contributed by atoms with van der Waals surface area (Å²) in [5, 5.41) is 6.40. The van der Waals surface area contributed by atoms with Gasteiger partial charge in [-0.25, -0.2) is 22.4 Å². The molecule has 3 aliphatic rings. The van der Waals surface area contributed by atoms with Crippen molar-refractivity contribution < 1.29 is 27.4 Å². The molecule has 232 valence electrons. The van der Waals surface area contributed by atoms with Crippen LogP contribution in [-0.4, -0.2) is 70.3 Å². The van der Waals surface area contributed by atoms with Gasteiger partial charge >= 0.3 is 0 Å². The highest BCUT2D eigenvalue weighted by atomic mass is 35.5. The van der Waals surface area contributed by atoms with Gasteiger partial charge in [0.1, 0.15) is 22.1 Å². The minimum atomic E-state index is -4.10. The second-order valence-electron chi connectivity index (χ2n) is 11.4. The van der Waals surface area contributed by atoms with Crippen molar-refractivity contribution in [2.24, 2.45) is 0 Å². The molecule has 2 fully saturated rings. The van der Waals surface area contributed by atoms with Gasteiger partial charge in [-0.3, -0.25) is 4.68 Å². The lowest BCUT2D eigenvalue weighted by atomic mass is 9.80. The minimum absolute atomic E-state index is 0.201. The molecule has 1 aliphatic heterocycles. The fraction of sp³-hybridized carbons (Fsp3) is 0.433. The summed E-state index contributed by atoms with van der Waals surface area (Å²) in [6, 6.07) is 3.67. The first-order chi connectivity index (χ1) is 21.2. The van der Waals surface area contributed by atoms with E-state index in [1.807, 2.05) is 24.5 Å². The molecule has 0 aromatic carbocycles. The number of halogens is 1. The van der Waals surface area contributed by atoms with Crippen LogP contribution in [-0.2, 0) is 41.1 Å². The van der Waals surface area contributed by atoms with Crippen LogP contribution in [0.25, 0.3) is 21.5 Å². The fourth-order valence-electron chi connectivity index (χ4n) is 6.11. The Bertz CT molecular complexity index is 1850. The van der Waals surface area contributed by atoms with Crippen LogP contribution in [0.3, 0.4) is 0 Å². The van der Waals surface area contributed by atoms with E-state index in [0.29, 0.717) is 35.8 Å². The van der Waals surface area contributed by atoms with E-state index >= 15 is 0 Å². The molecule has 0 N–H and O–H groups in total. The van der Waals surface area contributed by atoms with Gasteiger partial charge in [-0.2, -0.15) is 5.10 Å². The van der Waals surface area contributed by atoms with E-state index in [9.17, 15) is 8.42 Å². The Labute approximate surface area is 264 Å². The molecule has 1 saturated carbocycles. The normalized spacial score (nSPS) is 23.7. The summed E-state index contributed by atoms with van der Waals surface area (Å²) in [5.41, 5.74) is 1.48.